The molecule has 1 fully saturated rings. The number of benzene rings is 2. The van der Waals surface area contributed by atoms with E-state index in [1.165, 1.54) is 30.3 Å². The van der Waals surface area contributed by atoms with Crippen LogP contribution in [0.3, 0.4) is 0 Å². The summed E-state index contributed by atoms with van der Waals surface area (Å²) >= 11 is 1.46. The van der Waals surface area contributed by atoms with Crippen molar-refractivity contribution in [2.75, 3.05) is 68.6 Å². The summed E-state index contributed by atoms with van der Waals surface area (Å²) < 4.78 is 42.0. The number of fused-ring (bicyclic) bond motifs is 2. The number of halogens is 3. The summed E-state index contributed by atoms with van der Waals surface area (Å²) in [6.45, 7) is 11.5. The molecule has 4 nitrogen and oxygen atoms in total. The number of hydrogen-bond donors (Lipinski definition) is 0. The summed E-state index contributed by atoms with van der Waals surface area (Å²) in [5.74, 6) is 1.26. The highest BCUT2D eigenvalue weighted by atomic mass is 32.2. The van der Waals surface area contributed by atoms with Crippen LogP contribution < -0.4 is 14.7 Å². The van der Waals surface area contributed by atoms with Gasteiger partial charge in [-0.05, 0) is 81.6 Å². The molecule has 0 radical (unpaired) electrons. The number of rotatable bonds is 9. The van der Waals surface area contributed by atoms with Gasteiger partial charge in [0.1, 0.15) is 0 Å². The zero-order valence-corrected chi connectivity index (χ0v) is 24.6. The molecule has 2 unspecified atom stereocenters. The number of nitrogens with zero attached hydrogens (tertiary/aromatic N) is 4. The lowest BCUT2D eigenvalue weighted by atomic mass is 9.91. The molecule has 1 saturated heterocycles. The Hall–Kier alpha value is -2.06. The third-order valence-corrected chi connectivity index (χ3v) is 8.89. The van der Waals surface area contributed by atoms with E-state index in [9.17, 15) is 13.2 Å². The minimum Gasteiger partial charge on any atom is -0.373 e. The van der Waals surface area contributed by atoms with Crippen LogP contribution in [-0.4, -0.2) is 58.8 Å². The molecule has 0 bridgehead atoms. The predicted molar refractivity (Wildman–Crippen MR) is 156 cm³/mol. The molecule has 38 heavy (non-hydrogen) atoms. The Morgan fingerprint density at radius 1 is 0.947 bits per heavy atom. The molecule has 2 atom stereocenters. The second-order valence-electron chi connectivity index (χ2n) is 11.4. The molecule has 4 rings (SSSR count). The van der Waals surface area contributed by atoms with E-state index in [-0.39, 0.29) is 0 Å². The molecule has 0 N–H and O–H groups in total. The van der Waals surface area contributed by atoms with Gasteiger partial charge in [-0.1, -0.05) is 39.0 Å². The zero-order chi connectivity index (χ0) is 27.6. The fourth-order valence-electron chi connectivity index (χ4n) is 5.87. The lowest BCUT2D eigenvalue weighted by molar-refractivity contribution is -0.137. The molecular formula is C30H43F3N4S. The van der Waals surface area contributed by atoms with E-state index in [2.05, 4.69) is 60.7 Å². The molecule has 0 aromatic heterocycles. The van der Waals surface area contributed by atoms with Gasteiger partial charge >= 0.3 is 6.18 Å². The van der Waals surface area contributed by atoms with E-state index in [0.717, 1.165) is 67.4 Å². The van der Waals surface area contributed by atoms with Crippen LogP contribution in [0, 0.1) is 11.8 Å². The Morgan fingerprint density at radius 2 is 1.63 bits per heavy atom. The molecule has 2 aliphatic rings. The van der Waals surface area contributed by atoms with Gasteiger partial charge in [-0.2, -0.15) is 13.2 Å². The van der Waals surface area contributed by atoms with Crippen LogP contribution in [0.1, 0.15) is 52.0 Å². The van der Waals surface area contributed by atoms with Crippen molar-refractivity contribution >= 4 is 34.5 Å². The molecule has 0 amide bonds. The van der Waals surface area contributed by atoms with Crippen molar-refractivity contribution in [2.45, 2.75) is 62.4 Å². The van der Waals surface area contributed by atoms with Gasteiger partial charge in [-0.25, -0.2) is 0 Å². The van der Waals surface area contributed by atoms with E-state index in [0.29, 0.717) is 29.0 Å². The zero-order valence-electron chi connectivity index (χ0n) is 23.7. The van der Waals surface area contributed by atoms with Crippen molar-refractivity contribution in [1.82, 2.24) is 4.90 Å². The van der Waals surface area contributed by atoms with Crippen LogP contribution in [0.2, 0.25) is 0 Å². The number of alkyl halides is 3. The van der Waals surface area contributed by atoms with Crippen molar-refractivity contribution in [1.29, 1.82) is 0 Å². The monoisotopic (exact) mass is 548 g/mol. The third-order valence-electron chi connectivity index (χ3n) is 7.81. The van der Waals surface area contributed by atoms with Crippen molar-refractivity contribution in [2.24, 2.45) is 11.8 Å². The minimum absolute atomic E-state index is 0.586. The Bertz CT molecular complexity index is 1100. The quantitative estimate of drug-likeness (QED) is 0.314. The van der Waals surface area contributed by atoms with Gasteiger partial charge in [0.2, 0.25) is 0 Å². The Morgan fingerprint density at radius 3 is 2.29 bits per heavy atom. The summed E-state index contributed by atoms with van der Waals surface area (Å²) in [5.41, 5.74) is 3.10. The van der Waals surface area contributed by atoms with E-state index < -0.39 is 11.7 Å². The molecule has 0 saturated carbocycles. The number of unbranched alkanes of at least 4 members (excludes halogenated alkanes) is 1. The second kappa shape index (κ2) is 12.0. The molecule has 8 heteroatoms. The Labute approximate surface area is 231 Å². The number of anilines is 4. The molecule has 2 aliphatic heterocycles. The van der Waals surface area contributed by atoms with Crippen LogP contribution in [0.15, 0.2) is 40.1 Å². The minimum atomic E-state index is -4.40. The highest BCUT2D eigenvalue weighted by Crippen LogP contribution is 2.53. The van der Waals surface area contributed by atoms with Gasteiger partial charge in [0.25, 0.3) is 0 Å². The maximum atomic E-state index is 14.0. The first kappa shape index (κ1) is 28.9. The summed E-state index contributed by atoms with van der Waals surface area (Å²) in [6, 6.07) is 9.12. The Balaban J connectivity index is 1.62. The normalized spacial score (nSPS) is 19.5. The van der Waals surface area contributed by atoms with Crippen molar-refractivity contribution in [3.8, 4) is 0 Å². The second-order valence-corrected chi connectivity index (χ2v) is 12.5. The fourth-order valence-corrected chi connectivity index (χ4v) is 7.12. The molecule has 0 aliphatic carbocycles. The first-order chi connectivity index (χ1) is 18.0. The molecule has 210 valence electrons. The van der Waals surface area contributed by atoms with Gasteiger partial charge in [0.05, 0.1) is 22.6 Å². The smallest absolute Gasteiger partial charge is 0.373 e. The number of hydrogen-bond acceptors (Lipinski definition) is 5. The Kier molecular flexibility index (Phi) is 9.13. The van der Waals surface area contributed by atoms with Gasteiger partial charge in [-0.15, -0.1) is 0 Å². The van der Waals surface area contributed by atoms with E-state index >= 15 is 0 Å². The summed E-state index contributed by atoms with van der Waals surface area (Å²) in [7, 11) is 6.01. The van der Waals surface area contributed by atoms with Crippen LogP contribution in [0.5, 0.6) is 0 Å². The van der Waals surface area contributed by atoms with Crippen LogP contribution in [0.25, 0.3) is 0 Å². The van der Waals surface area contributed by atoms with Gasteiger partial charge in [-0.3, -0.25) is 0 Å². The van der Waals surface area contributed by atoms with E-state index in [1.54, 1.807) is 0 Å². The van der Waals surface area contributed by atoms with Crippen molar-refractivity contribution < 1.29 is 13.2 Å². The summed E-state index contributed by atoms with van der Waals surface area (Å²) in [4.78, 5) is 10.5. The van der Waals surface area contributed by atoms with E-state index in [1.807, 2.05) is 19.0 Å². The van der Waals surface area contributed by atoms with Gasteiger partial charge in [0.15, 0.2) is 0 Å². The van der Waals surface area contributed by atoms with E-state index in [4.69, 9.17) is 0 Å². The van der Waals surface area contributed by atoms with Crippen molar-refractivity contribution in [3.05, 3.63) is 35.9 Å². The maximum absolute atomic E-state index is 14.0. The summed E-state index contributed by atoms with van der Waals surface area (Å²) in [6.07, 6.45) is 0.0473. The summed E-state index contributed by atoms with van der Waals surface area (Å²) in [5, 5.41) is 0. The molecule has 2 aromatic carbocycles. The first-order valence-electron chi connectivity index (χ1n) is 13.9. The van der Waals surface area contributed by atoms with Crippen LogP contribution in [0.4, 0.5) is 35.9 Å². The highest BCUT2D eigenvalue weighted by molar-refractivity contribution is 7.99. The third kappa shape index (κ3) is 6.56. The molecular weight excluding hydrogens is 505 g/mol. The average Bonchev–Trinajstić information content (AvgIpc) is 2.85. The van der Waals surface area contributed by atoms with Gasteiger partial charge in [0, 0.05) is 49.2 Å². The SMILES string of the molecule is CCCCN(C)CCCN(C)c1cc(C(F)(F)F)cc2c1N(C)c1ccc(N3CC(C)CC(C)C3)cc1S2. The lowest BCUT2D eigenvalue weighted by Gasteiger charge is -2.38. The maximum Gasteiger partial charge on any atom is 0.416 e. The molecule has 2 aromatic rings. The standard InChI is InChI=1S/C30H43F3N4S/c1-7-8-12-34(4)13-9-14-35(5)26-16-23(30(31,32)33)17-28-29(26)36(6)25-11-10-24(18-27(25)38-28)37-19-21(2)15-22(3)20-37/h10-11,16-18,21-22H,7-9,12-15,19-20H2,1-6H3. The van der Waals surface area contributed by atoms with Crippen LogP contribution >= 0.6 is 11.8 Å². The highest BCUT2D eigenvalue weighted by Gasteiger charge is 2.35. The first-order valence-corrected chi connectivity index (χ1v) is 14.7. The topological polar surface area (TPSA) is 13.0 Å². The largest absolute Gasteiger partial charge is 0.416 e. The average molecular weight is 549 g/mol. The predicted octanol–water partition coefficient (Wildman–Crippen LogP) is 7.98. The number of piperidine rings is 1. The van der Waals surface area contributed by atoms with Crippen molar-refractivity contribution in [3.63, 3.8) is 0 Å². The van der Waals surface area contributed by atoms with Crippen LogP contribution in [-0.2, 0) is 6.18 Å². The lowest BCUT2D eigenvalue weighted by Crippen LogP contribution is -2.38. The molecule has 2 heterocycles. The molecule has 0 spiro atoms. The fraction of sp³-hybridized carbons (Fsp3) is 0.600. The van der Waals surface area contributed by atoms with Gasteiger partial charge < -0.3 is 19.6 Å².